The fourth-order valence-electron chi connectivity index (χ4n) is 1.85. The predicted octanol–water partition coefficient (Wildman–Crippen LogP) is 2.04. The van der Waals surface area contributed by atoms with Crippen molar-refractivity contribution in [2.24, 2.45) is 0 Å². The van der Waals surface area contributed by atoms with Crippen LogP contribution < -0.4 is 10.1 Å². The Hall–Kier alpha value is -1.33. The van der Waals surface area contributed by atoms with Crippen molar-refractivity contribution < 1.29 is 14.3 Å². The number of hydrogen-bond acceptors (Lipinski definition) is 4. The largest absolute Gasteiger partial charge is 0.473 e. The molecule has 1 aliphatic rings. The molecule has 1 fully saturated rings. The molecule has 1 aromatic rings. The Labute approximate surface area is 117 Å². The minimum atomic E-state index is -0.186. The van der Waals surface area contributed by atoms with Gasteiger partial charge in [-0.2, -0.15) is 0 Å². The molecule has 2 rings (SSSR count). The van der Waals surface area contributed by atoms with Crippen molar-refractivity contribution in [2.75, 3.05) is 19.8 Å². The lowest BCUT2D eigenvalue weighted by Gasteiger charge is -2.23. The first-order valence-corrected chi connectivity index (χ1v) is 6.76. The van der Waals surface area contributed by atoms with E-state index in [2.05, 4.69) is 10.3 Å². The summed E-state index contributed by atoms with van der Waals surface area (Å²) in [6, 6.07) is 1.58. The summed E-state index contributed by atoms with van der Waals surface area (Å²) in [6.45, 7) is 3.81. The summed E-state index contributed by atoms with van der Waals surface area (Å²) in [5.74, 6) is 0.191. The Morgan fingerprint density at radius 3 is 2.95 bits per heavy atom. The third kappa shape index (κ3) is 3.81. The highest BCUT2D eigenvalue weighted by Gasteiger charge is 2.18. The molecule has 1 N–H and O–H groups in total. The normalized spacial score (nSPS) is 16.1. The van der Waals surface area contributed by atoms with Gasteiger partial charge in [0.05, 0.1) is 18.8 Å². The molecule has 1 aliphatic heterocycles. The summed E-state index contributed by atoms with van der Waals surface area (Å²) >= 11 is 6.09. The van der Waals surface area contributed by atoms with Gasteiger partial charge in [-0.15, -0.1) is 0 Å². The van der Waals surface area contributed by atoms with Gasteiger partial charge in [-0.05, 0) is 13.0 Å². The van der Waals surface area contributed by atoms with Crippen molar-refractivity contribution in [1.82, 2.24) is 10.3 Å². The first-order chi connectivity index (χ1) is 9.20. The fraction of sp³-hybridized carbons (Fsp3) is 0.538. The highest BCUT2D eigenvalue weighted by atomic mass is 35.5. The van der Waals surface area contributed by atoms with Crippen LogP contribution in [0.5, 0.6) is 5.88 Å². The topological polar surface area (TPSA) is 60.5 Å². The zero-order valence-corrected chi connectivity index (χ0v) is 11.6. The van der Waals surface area contributed by atoms with Crippen LogP contribution in [0.15, 0.2) is 12.3 Å². The van der Waals surface area contributed by atoms with E-state index in [4.69, 9.17) is 21.1 Å². The highest BCUT2D eigenvalue weighted by molar-refractivity contribution is 6.32. The van der Waals surface area contributed by atoms with Gasteiger partial charge in [0, 0.05) is 25.6 Å². The molecule has 0 saturated carbocycles. The lowest BCUT2D eigenvalue weighted by Crippen LogP contribution is -2.26. The van der Waals surface area contributed by atoms with Crippen molar-refractivity contribution in [3.8, 4) is 5.88 Å². The number of ether oxygens (including phenoxy) is 2. The number of nitrogens with one attached hydrogen (secondary N) is 1. The molecule has 5 nitrogen and oxygen atoms in total. The lowest BCUT2D eigenvalue weighted by atomic mass is 10.1. The molecule has 104 valence electrons. The smallest absolute Gasteiger partial charge is 0.252 e. The van der Waals surface area contributed by atoms with Crippen LogP contribution in [0.4, 0.5) is 0 Å². The van der Waals surface area contributed by atoms with E-state index in [-0.39, 0.29) is 12.0 Å². The molecule has 0 aliphatic carbocycles. The predicted molar refractivity (Wildman–Crippen MR) is 71.7 cm³/mol. The third-order valence-corrected chi connectivity index (χ3v) is 3.12. The summed E-state index contributed by atoms with van der Waals surface area (Å²) in [5, 5.41) is 3.05. The van der Waals surface area contributed by atoms with E-state index >= 15 is 0 Å². The monoisotopic (exact) mass is 284 g/mol. The Bertz CT molecular complexity index is 448. The van der Waals surface area contributed by atoms with E-state index in [1.807, 2.05) is 6.92 Å². The number of aromatic nitrogens is 1. The van der Waals surface area contributed by atoms with Crippen LogP contribution in [0.1, 0.15) is 30.1 Å². The van der Waals surface area contributed by atoms with Crippen LogP contribution in [-0.2, 0) is 4.74 Å². The van der Waals surface area contributed by atoms with Crippen LogP contribution >= 0.6 is 11.6 Å². The Kier molecular flexibility index (Phi) is 4.99. The standard InChI is InChI=1S/C13H17ClN2O3/c1-2-15-12(17)9-7-11(14)13(16-8-9)19-10-3-5-18-6-4-10/h7-8,10H,2-6H2,1H3,(H,15,17). The lowest BCUT2D eigenvalue weighted by molar-refractivity contribution is 0.0238. The molecule has 0 unspecified atom stereocenters. The molecule has 0 radical (unpaired) electrons. The molecular weight excluding hydrogens is 268 g/mol. The maximum absolute atomic E-state index is 11.6. The number of nitrogens with zero attached hydrogens (tertiary/aromatic N) is 1. The quantitative estimate of drug-likeness (QED) is 0.919. The average molecular weight is 285 g/mol. The maximum atomic E-state index is 11.6. The minimum Gasteiger partial charge on any atom is -0.473 e. The van der Waals surface area contributed by atoms with Gasteiger partial charge < -0.3 is 14.8 Å². The second kappa shape index (κ2) is 6.73. The Morgan fingerprint density at radius 1 is 1.58 bits per heavy atom. The Balaban J connectivity index is 2.04. The number of hydrogen-bond donors (Lipinski definition) is 1. The van der Waals surface area contributed by atoms with E-state index in [1.165, 1.54) is 6.20 Å². The van der Waals surface area contributed by atoms with Crippen LogP contribution in [-0.4, -0.2) is 36.8 Å². The van der Waals surface area contributed by atoms with Crippen molar-refractivity contribution in [2.45, 2.75) is 25.9 Å². The zero-order chi connectivity index (χ0) is 13.7. The van der Waals surface area contributed by atoms with Gasteiger partial charge in [0.2, 0.25) is 5.88 Å². The number of carbonyl (C=O) groups excluding carboxylic acids is 1. The molecule has 0 atom stereocenters. The molecule has 1 aromatic heterocycles. The van der Waals surface area contributed by atoms with Gasteiger partial charge >= 0.3 is 0 Å². The van der Waals surface area contributed by atoms with Crippen LogP contribution in [0.2, 0.25) is 5.02 Å². The molecule has 0 spiro atoms. The van der Waals surface area contributed by atoms with Crippen LogP contribution in [0, 0.1) is 0 Å². The number of amides is 1. The van der Waals surface area contributed by atoms with Gasteiger partial charge in [-0.1, -0.05) is 11.6 Å². The van der Waals surface area contributed by atoms with E-state index in [9.17, 15) is 4.79 Å². The molecule has 0 bridgehead atoms. The molecule has 2 heterocycles. The third-order valence-electron chi connectivity index (χ3n) is 2.85. The van der Waals surface area contributed by atoms with Crippen LogP contribution in [0.3, 0.4) is 0 Å². The number of pyridine rings is 1. The van der Waals surface area contributed by atoms with E-state index < -0.39 is 0 Å². The molecular formula is C13H17ClN2O3. The zero-order valence-electron chi connectivity index (χ0n) is 10.8. The summed E-state index contributed by atoms with van der Waals surface area (Å²) in [7, 11) is 0. The molecule has 19 heavy (non-hydrogen) atoms. The average Bonchev–Trinajstić information content (AvgIpc) is 2.42. The van der Waals surface area contributed by atoms with Crippen molar-refractivity contribution in [3.05, 3.63) is 22.8 Å². The van der Waals surface area contributed by atoms with E-state index in [0.717, 1.165) is 12.8 Å². The fourth-order valence-corrected chi connectivity index (χ4v) is 2.06. The number of rotatable bonds is 4. The summed E-state index contributed by atoms with van der Waals surface area (Å²) < 4.78 is 11.0. The summed E-state index contributed by atoms with van der Waals surface area (Å²) in [5.41, 5.74) is 0.436. The highest BCUT2D eigenvalue weighted by Crippen LogP contribution is 2.25. The number of carbonyl (C=O) groups is 1. The van der Waals surface area contributed by atoms with E-state index in [1.54, 1.807) is 6.07 Å². The van der Waals surface area contributed by atoms with Crippen molar-refractivity contribution >= 4 is 17.5 Å². The van der Waals surface area contributed by atoms with Crippen LogP contribution in [0.25, 0.3) is 0 Å². The number of halogens is 1. The van der Waals surface area contributed by atoms with E-state index in [0.29, 0.717) is 36.2 Å². The van der Waals surface area contributed by atoms with Gasteiger partial charge in [0.15, 0.2) is 0 Å². The first kappa shape index (κ1) is 14.1. The summed E-state index contributed by atoms with van der Waals surface area (Å²) in [6.07, 6.45) is 3.21. The van der Waals surface area contributed by atoms with Gasteiger partial charge in [-0.25, -0.2) is 4.98 Å². The molecule has 6 heteroatoms. The second-order valence-electron chi connectivity index (χ2n) is 4.30. The second-order valence-corrected chi connectivity index (χ2v) is 4.71. The molecule has 0 aromatic carbocycles. The Morgan fingerprint density at radius 2 is 2.32 bits per heavy atom. The minimum absolute atomic E-state index is 0.0778. The van der Waals surface area contributed by atoms with Gasteiger partial charge in [-0.3, -0.25) is 4.79 Å². The first-order valence-electron chi connectivity index (χ1n) is 6.39. The van der Waals surface area contributed by atoms with Gasteiger partial charge in [0.1, 0.15) is 11.1 Å². The van der Waals surface area contributed by atoms with Crippen molar-refractivity contribution in [1.29, 1.82) is 0 Å². The maximum Gasteiger partial charge on any atom is 0.252 e. The SMILES string of the molecule is CCNC(=O)c1cnc(OC2CCOCC2)c(Cl)c1. The van der Waals surface area contributed by atoms with Crippen molar-refractivity contribution in [3.63, 3.8) is 0 Å². The summed E-state index contributed by atoms with van der Waals surface area (Å²) in [4.78, 5) is 15.8. The molecule has 1 saturated heterocycles. The van der Waals surface area contributed by atoms with Gasteiger partial charge in [0.25, 0.3) is 5.91 Å². The molecule has 1 amide bonds.